The zero-order chi connectivity index (χ0) is 42.4. The summed E-state index contributed by atoms with van der Waals surface area (Å²) < 4.78 is 57.5. The molecule has 1 aliphatic rings. The maximum Gasteiger partial charge on any atom is 0 e. The van der Waals surface area contributed by atoms with Crippen LogP contribution in [0.25, 0.3) is 0 Å². The summed E-state index contributed by atoms with van der Waals surface area (Å²) in [4.78, 5) is 28.4. The van der Waals surface area contributed by atoms with Crippen LogP contribution in [-0.4, -0.2) is 52.5 Å². The molecule has 2 radical (unpaired) electrons. The summed E-state index contributed by atoms with van der Waals surface area (Å²) in [6, 6.07) is 20.8. The molecule has 1 saturated heterocycles. The van der Waals surface area contributed by atoms with E-state index in [1.165, 1.54) is 15.3 Å². The minimum Gasteiger partial charge on any atom is 0 e. The van der Waals surface area contributed by atoms with E-state index in [-0.39, 0.29) is 69.0 Å². The summed E-state index contributed by atoms with van der Waals surface area (Å²) in [5.41, 5.74) is 3.50. The van der Waals surface area contributed by atoms with Crippen LogP contribution in [0.4, 0.5) is 4.79 Å². The number of amides is 2. The molecule has 0 spiro atoms. The van der Waals surface area contributed by atoms with Crippen molar-refractivity contribution in [2.24, 2.45) is 17.8 Å². The third kappa shape index (κ3) is 20.0. The van der Waals surface area contributed by atoms with E-state index < -0.39 is 28.4 Å². The van der Waals surface area contributed by atoms with E-state index in [0.29, 0.717) is 13.0 Å². The van der Waals surface area contributed by atoms with Gasteiger partial charge in [0.2, 0.25) is 5.91 Å². The van der Waals surface area contributed by atoms with E-state index in [0.717, 1.165) is 6.42 Å². The largest absolute Gasteiger partial charge is 0 e. The monoisotopic (exact) mass is 877 g/mol. The second-order valence-electron chi connectivity index (χ2n) is 13.5. The van der Waals surface area contributed by atoms with Crippen molar-refractivity contribution in [1.82, 2.24) is 4.90 Å². The number of carbonyl (C=O) groups is 2. The summed E-state index contributed by atoms with van der Waals surface area (Å²) in [7, 11) is -4.44. The van der Waals surface area contributed by atoms with Crippen LogP contribution in [0.15, 0.2) is 60.7 Å². The van der Waals surface area contributed by atoms with E-state index >= 15 is 0 Å². The molecular formula is C40H49Co2NO10Si2. The second-order valence-corrected chi connectivity index (χ2v) is 22.6. The van der Waals surface area contributed by atoms with Gasteiger partial charge in [-0.15, -0.1) is 11.5 Å². The fourth-order valence-corrected chi connectivity index (χ4v) is 11.0. The first-order valence-electron chi connectivity index (χ1n) is 16.2. The summed E-state index contributed by atoms with van der Waals surface area (Å²) in [5, 5.41) is 2.24. The Bertz CT molecular complexity index is 1430. The minimum absolute atomic E-state index is 0. The van der Waals surface area contributed by atoms with Crippen LogP contribution >= 0.6 is 0 Å². The van der Waals surface area contributed by atoms with Crippen molar-refractivity contribution in [1.29, 1.82) is 0 Å². The number of benzene rings is 2. The molecule has 2 amide bonds. The number of nitrogens with zero attached hydrogens (tertiary/aromatic N) is 1. The summed E-state index contributed by atoms with van der Waals surface area (Å²) in [6.07, 6.45) is 0.665. The van der Waals surface area contributed by atoms with Gasteiger partial charge in [0.05, 0.1) is 12.0 Å². The molecule has 11 nitrogen and oxygen atoms in total. The molecule has 2 aromatic carbocycles. The van der Waals surface area contributed by atoms with Gasteiger partial charge >= 0.3 is 73.9 Å². The summed E-state index contributed by atoms with van der Waals surface area (Å²) >= 11 is 0. The normalized spacial score (nSPS) is 13.3. The number of ether oxygens (including phenoxy) is 1. The Kier molecular flexibility index (Phi) is 40.8. The molecule has 0 aliphatic carbocycles. The molecule has 300 valence electrons. The topological polar surface area (TPSA) is 175 Å². The van der Waals surface area contributed by atoms with Crippen LogP contribution < -0.4 is 10.4 Å². The van der Waals surface area contributed by atoms with Crippen LogP contribution in [-0.2, 0) is 75.4 Å². The van der Waals surface area contributed by atoms with Gasteiger partial charge < -0.3 is 9.16 Å². The third-order valence-electron chi connectivity index (χ3n) is 7.95. The Labute approximate surface area is 350 Å². The number of hydrogen-bond donors (Lipinski definition) is 0. The zero-order valence-electron chi connectivity index (χ0n) is 32.6. The average Bonchev–Trinajstić information content (AvgIpc) is 3.58. The van der Waals surface area contributed by atoms with E-state index in [1.807, 2.05) is 26.0 Å². The molecule has 0 unspecified atom stereocenters. The number of imide groups is 1. The Balaban J connectivity index is -0.000000390. The molecule has 0 bridgehead atoms. The zero-order valence-corrected chi connectivity index (χ0v) is 36.7. The van der Waals surface area contributed by atoms with Gasteiger partial charge in [0, 0.05) is 46.1 Å². The van der Waals surface area contributed by atoms with Crippen molar-refractivity contribution >= 4 is 38.8 Å². The molecular weight excluding hydrogens is 828 g/mol. The van der Waals surface area contributed by atoms with Gasteiger partial charge in [0.1, 0.15) is 14.7 Å². The van der Waals surface area contributed by atoms with Crippen molar-refractivity contribution in [3.63, 3.8) is 0 Å². The summed E-state index contributed by atoms with van der Waals surface area (Å²) in [6.45, 7) is 47.2. The number of carbonyl (C=O) groups excluding carboxylic acids is 2. The first kappa shape index (κ1) is 63.7. The second kappa shape index (κ2) is 35.2. The molecule has 3 rings (SSSR count). The quantitative estimate of drug-likeness (QED) is 0.119. The summed E-state index contributed by atoms with van der Waals surface area (Å²) in [5.74, 6) is 2.77. The van der Waals surface area contributed by atoms with Crippen molar-refractivity contribution in [3.05, 3.63) is 101 Å². The van der Waals surface area contributed by atoms with E-state index in [2.05, 4.69) is 147 Å². The molecule has 1 heterocycles. The van der Waals surface area contributed by atoms with Crippen LogP contribution in [0.1, 0.15) is 54.4 Å². The Hall–Kier alpha value is -3.21. The van der Waals surface area contributed by atoms with Gasteiger partial charge in [0.25, 0.3) is 8.32 Å². The van der Waals surface area contributed by atoms with Crippen LogP contribution in [0.2, 0.25) is 24.7 Å². The fraction of sp³-hybridized carbons (Fsp3) is 0.450. The molecule has 1 aliphatic heterocycles. The van der Waals surface area contributed by atoms with Crippen molar-refractivity contribution < 1.29 is 80.2 Å². The van der Waals surface area contributed by atoms with Crippen molar-refractivity contribution in [3.8, 4) is 11.5 Å². The fourth-order valence-electron chi connectivity index (χ4n) is 5.75. The van der Waals surface area contributed by atoms with Gasteiger partial charge in [0.15, 0.2) is 0 Å². The van der Waals surface area contributed by atoms with E-state index in [1.54, 1.807) is 0 Å². The maximum atomic E-state index is 14.2. The molecule has 3 atom stereocenters. The first-order chi connectivity index (χ1) is 25.2. The van der Waals surface area contributed by atoms with Gasteiger partial charge in [-0.2, -0.15) is 0 Å². The van der Waals surface area contributed by atoms with E-state index in [9.17, 15) is 9.59 Å². The number of rotatable bonds is 10. The predicted octanol–water partition coefficient (Wildman–Crippen LogP) is 6.25. The van der Waals surface area contributed by atoms with Gasteiger partial charge in [-0.1, -0.05) is 122 Å². The number of cyclic esters (lactones) is 1. The average molecular weight is 878 g/mol. The molecule has 0 saturated carbocycles. The molecule has 0 N–H and O–H groups in total. The minimum atomic E-state index is -2.77. The van der Waals surface area contributed by atoms with Crippen LogP contribution in [0.5, 0.6) is 0 Å². The molecule has 15 heteroatoms. The third-order valence-corrected chi connectivity index (χ3v) is 13.9. The Morgan fingerprint density at radius 1 is 0.836 bits per heavy atom. The smallest absolute Gasteiger partial charge is 0 e. The Morgan fingerprint density at radius 2 is 1.24 bits per heavy atom. The maximum absolute atomic E-state index is 14.2. The van der Waals surface area contributed by atoms with Gasteiger partial charge in [-0.25, -0.2) is 9.69 Å². The SMILES string of the molecule is CC[C@@H](C#C[Si](C)(C)C)[C@@H](CCO[Si](c1ccccc1)(c1ccccc1)C(C)(C)C)C(=O)N1C(=O)OC[C@@H]1C(C)C.[C-]#[O+].[C-]#[O+].[C-]#[O+].[C-]#[O+].[C-]#[O+].[C-]#[O+].[Co].[Co]. The van der Waals surface area contributed by atoms with Crippen LogP contribution in [0.3, 0.4) is 0 Å². The molecule has 55 heavy (non-hydrogen) atoms. The van der Waals surface area contributed by atoms with Crippen molar-refractivity contribution in [2.45, 2.75) is 85.1 Å². The number of hydrogen-bond acceptors (Lipinski definition) is 4. The standard InChI is InChI=1S/C34H49NO4Si2.6CO.2Co/c1-10-27(22-24-40(7,8)9)30(32(36)35-31(26(2)3)25-38-33(35)37)21-23-39-41(34(4,5)6,28-17-13-11-14-18-28)29-19-15-12-16-20-29;6*1-2;;/h11-20,26-27,30-31H,10,21,23,25H2,1-9H3;;;;;;;;/t27-,30+,31+;;;;;;;;/m0......../s1. The van der Waals surface area contributed by atoms with Gasteiger partial charge in [-0.05, 0) is 34.2 Å². The molecule has 1 fully saturated rings. The Morgan fingerprint density at radius 3 is 1.56 bits per heavy atom. The van der Waals surface area contributed by atoms with Gasteiger partial charge in [-0.3, -0.25) is 4.79 Å². The van der Waals surface area contributed by atoms with E-state index in [4.69, 9.17) is 37.1 Å². The molecule has 0 aromatic heterocycles. The predicted molar refractivity (Wildman–Crippen MR) is 197 cm³/mol. The van der Waals surface area contributed by atoms with Crippen molar-refractivity contribution in [2.75, 3.05) is 13.2 Å². The first-order valence-corrected chi connectivity index (χ1v) is 21.6. The molecule has 2 aromatic rings. The van der Waals surface area contributed by atoms with Crippen LogP contribution in [0, 0.1) is 69.1 Å².